The average Bonchev–Trinajstić information content (AvgIpc) is 2.80. The lowest BCUT2D eigenvalue weighted by atomic mass is 9.89. The van der Waals surface area contributed by atoms with Gasteiger partial charge in [0, 0.05) is 37.0 Å². The molecule has 0 N–H and O–H groups in total. The van der Waals surface area contributed by atoms with E-state index in [1.807, 2.05) is 50.2 Å². The van der Waals surface area contributed by atoms with Crippen molar-refractivity contribution in [2.45, 2.75) is 39.3 Å². The van der Waals surface area contributed by atoms with E-state index < -0.39 is 0 Å². The second-order valence-corrected chi connectivity index (χ2v) is 8.41. The van der Waals surface area contributed by atoms with Crippen molar-refractivity contribution in [2.24, 2.45) is 5.92 Å². The predicted molar refractivity (Wildman–Crippen MR) is 123 cm³/mol. The Balaban J connectivity index is 1.35. The molecule has 6 heteroatoms. The van der Waals surface area contributed by atoms with Crippen LogP contribution in [-0.4, -0.2) is 39.8 Å². The molecule has 0 bridgehead atoms. The smallest absolute Gasteiger partial charge is 0.321 e. The van der Waals surface area contributed by atoms with Gasteiger partial charge in [-0.15, -0.1) is 0 Å². The number of ether oxygens (including phenoxy) is 2. The molecule has 2 aromatic carbocycles. The van der Waals surface area contributed by atoms with Crippen LogP contribution in [0.2, 0.25) is 0 Å². The molecule has 166 valence electrons. The molecule has 1 atom stereocenters. The molecular formula is C26H29N3O3. The summed E-state index contributed by atoms with van der Waals surface area (Å²) in [5, 5.41) is 0. The van der Waals surface area contributed by atoms with Gasteiger partial charge in [0.1, 0.15) is 11.5 Å². The molecule has 4 rings (SSSR count). The molecule has 1 saturated heterocycles. The van der Waals surface area contributed by atoms with E-state index in [1.165, 1.54) is 5.56 Å². The number of rotatable bonds is 8. The third-order valence-corrected chi connectivity index (χ3v) is 5.45. The first-order valence-corrected chi connectivity index (χ1v) is 11.1. The van der Waals surface area contributed by atoms with Crippen molar-refractivity contribution in [2.75, 3.05) is 13.1 Å². The van der Waals surface area contributed by atoms with Gasteiger partial charge in [-0.1, -0.05) is 24.3 Å². The van der Waals surface area contributed by atoms with E-state index in [-0.39, 0.29) is 17.8 Å². The lowest BCUT2D eigenvalue weighted by Gasteiger charge is -2.32. The van der Waals surface area contributed by atoms with Gasteiger partial charge >= 0.3 is 6.01 Å². The SMILES string of the molecule is CC(C)Oc1cccc(C(=O)[C@H]2CCCN(Cc3ccc(Oc4ncccn4)cc3)C2)c1. The van der Waals surface area contributed by atoms with Crippen LogP contribution in [0, 0.1) is 5.92 Å². The number of carbonyl (C=O) groups excluding carboxylic acids is 1. The molecular weight excluding hydrogens is 402 g/mol. The Kier molecular flexibility index (Phi) is 7.12. The van der Waals surface area contributed by atoms with Crippen molar-refractivity contribution in [1.29, 1.82) is 0 Å². The molecule has 1 aliphatic rings. The monoisotopic (exact) mass is 431 g/mol. The fourth-order valence-electron chi connectivity index (χ4n) is 4.01. The fourth-order valence-corrected chi connectivity index (χ4v) is 4.01. The number of likely N-dealkylation sites (tertiary alicyclic amines) is 1. The molecule has 0 unspecified atom stereocenters. The van der Waals surface area contributed by atoms with Crippen LogP contribution in [-0.2, 0) is 6.54 Å². The third kappa shape index (κ3) is 5.92. The van der Waals surface area contributed by atoms with Gasteiger partial charge in [0.2, 0.25) is 0 Å². The maximum absolute atomic E-state index is 13.1. The summed E-state index contributed by atoms with van der Waals surface area (Å²) < 4.78 is 11.4. The summed E-state index contributed by atoms with van der Waals surface area (Å²) in [4.78, 5) is 23.7. The largest absolute Gasteiger partial charge is 0.491 e. The molecule has 0 spiro atoms. The van der Waals surface area contributed by atoms with Gasteiger partial charge in [-0.2, -0.15) is 0 Å². The highest BCUT2D eigenvalue weighted by atomic mass is 16.5. The maximum Gasteiger partial charge on any atom is 0.321 e. The van der Waals surface area contributed by atoms with Crippen molar-refractivity contribution in [1.82, 2.24) is 14.9 Å². The Morgan fingerprint density at radius 2 is 1.84 bits per heavy atom. The van der Waals surface area contributed by atoms with Crippen molar-refractivity contribution in [3.63, 3.8) is 0 Å². The van der Waals surface area contributed by atoms with E-state index in [1.54, 1.807) is 18.5 Å². The fraction of sp³-hybridized carbons (Fsp3) is 0.346. The molecule has 6 nitrogen and oxygen atoms in total. The van der Waals surface area contributed by atoms with Crippen LogP contribution in [0.5, 0.6) is 17.5 Å². The molecule has 32 heavy (non-hydrogen) atoms. The average molecular weight is 432 g/mol. The van der Waals surface area contributed by atoms with Crippen molar-refractivity contribution >= 4 is 5.78 Å². The van der Waals surface area contributed by atoms with Gasteiger partial charge < -0.3 is 9.47 Å². The minimum Gasteiger partial charge on any atom is -0.491 e. The number of carbonyl (C=O) groups is 1. The highest BCUT2D eigenvalue weighted by Gasteiger charge is 2.27. The number of Topliss-reactive ketones (excluding diaryl/α,β-unsaturated/α-hetero) is 1. The van der Waals surface area contributed by atoms with E-state index in [2.05, 4.69) is 27.0 Å². The molecule has 1 aliphatic heterocycles. The Morgan fingerprint density at radius 1 is 1.06 bits per heavy atom. The number of benzene rings is 2. The summed E-state index contributed by atoms with van der Waals surface area (Å²) in [6.07, 6.45) is 5.33. The van der Waals surface area contributed by atoms with Crippen LogP contribution < -0.4 is 9.47 Å². The zero-order valence-electron chi connectivity index (χ0n) is 18.6. The summed E-state index contributed by atoms with van der Waals surface area (Å²) >= 11 is 0. The molecule has 1 aromatic heterocycles. The Bertz CT molecular complexity index is 1020. The highest BCUT2D eigenvalue weighted by Crippen LogP contribution is 2.25. The second kappa shape index (κ2) is 10.4. The number of nitrogens with zero attached hydrogens (tertiary/aromatic N) is 3. The quantitative estimate of drug-likeness (QED) is 0.460. The number of piperidine rings is 1. The van der Waals surface area contributed by atoms with E-state index in [9.17, 15) is 4.79 Å². The van der Waals surface area contributed by atoms with Crippen LogP contribution in [0.15, 0.2) is 67.0 Å². The van der Waals surface area contributed by atoms with E-state index in [4.69, 9.17) is 9.47 Å². The third-order valence-electron chi connectivity index (χ3n) is 5.45. The molecule has 1 fully saturated rings. The molecule has 0 radical (unpaired) electrons. The Labute approximate surface area is 189 Å². The van der Waals surface area contributed by atoms with Crippen molar-refractivity contribution in [3.05, 3.63) is 78.1 Å². The number of ketones is 1. The van der Waals surface area contributed by atoms with Gasteiger partial charge in [-0.05, 0) is 69.1 Å². The first-order valence-electron chi connectivity index (χ1n) is 11.1. The zero-order chi connectivity index (χ0) is 22.3. The van der Waals surface area contributed by atoms with Gasteiger partial charge in [0.05, 0.1) is 6.10 Å². The van der Waals surface area contributed by atoms with Gasteiger partial charge in [-0.25, -0.2) is 9.97 Å². The minimum absolute atomic E-state index is 0.0101. The lowest BCUT2D eigenvalue weighted by molar-refractivity contribution is 0.0811. The first kappa shape index (κ1) is 22.0. The lowest BCUT2D eigenvalue weighted by Crippen LogP contribution is -2.38. The molecule has 3 aromatic rings. The molecule has 0 amide bonds. The Hall–Kier alpha value is -3.25. The van der Waals surface area contributed by atoms with E-state index in [0.717, 1.165) is 43.8 Å². The topological polar surface area (TPSA) is 64.5 Å². The van der Waals surface area contributed by atoms with E-state index >= 15 is 0 Å². The van der Waals surface area contributed by atoms with Crippen LogP contribution >= 0.6 is 0 Å². The van der Waals surface area contributed by atoms with Crippen LogP contribution in [0.1, 0.15) is 42.6 Å². The molecule has 2 heterocycles. The summed E-state index contributed by atoms with van der Waals surface area (Å²) in [6.45, 7) is 6.55. The normalized spacial score (nSPS) is 16.7. The number of hydrogen-bond donors (Lipinski definition) is 0. The number of hydrogen-bond acceptors (Lipinski definition) is 6. The zero-order valence-corrected chi connectivity index (χ0v) is 18.6. The maximum atomic E-state index is 13.1. The highest BCUT2D eigenvalue weighted by molar-refractivity contribution is 5.98. The predicted octanol–water partition coefficient (Wildman–Crippen LogP) is 5.15. The van der Waals surface area contributed by atoms with Crippen molar-refractivity contribution in [3.8, 4) is 17.5 Å². The molecule has 0 aliphatic carbocycles. The van der Waals surface area contributed by atoms with Gasteiger partial charge in [0.15, 0.2) is 5.78 Å². The van der Waals surface area contributed by atoms with Crippen LogP contribution in [0.3, 0.4) is 0 Å². The second-order valence-electron chi connectivity index (χ2n) is 8.41. The summed E-state index contributed by atoms with van der Waals surface area (Å²) in [5.41, 5.74) is 1.92. The summed E-state index contributed by atoms with van der Waals surface area (Å²) in [7, 11) is 0. The summed E-state index contributed by atoms with van der Waals surface area (Å²) in [5.74, 6) is 1.67. The standard InChI is InChI=1S/C26H29N3O3/c1-19(2)31-24-8-3-6-21(16-24)25(30)22-7-4-15-29(18-22)17-20-9-11-23(12-10-20)32-26-27-13-5-14-28-26/h3,5-6,8-14,16,19,22H,4,7,15,17-18H2,1-2H3/t22-/m0/s1. The van der Waals surface area contributed by atoms with Crippen LogP contribution in [0.25, 0.3) is 0 Å². The van der Waals surface area contributed by atoms with Crippen molar-refractivity contribution < 1.29 is 14.3 Å². The van der Waals surface area contributed by atoms with Gasteiger partial charge in [-0.3, -0.25) is 9.69 Å². The summed E-state index contributed by atoms with van der Waals surface area (Å²) in [6, 6.07) is 17.6. The molecule has 0 saturated carbocycles. The minimum atomic E-state index is 0.0101. The first-order chi connectivity index (χ1) is 15.6. The van der Waals surface area contributed by atoms with Crippen LogP contribution in [0.4, 0.5) is 0 Å². The van der Waals surface area contributed by atoms with Gasteiger partial charge in [0.25, 0.3) is 0 Å². The number of aromatic nitrogens is 2. The van der Waals surface area contributed by atoms with E-state index in [0.29, 0.717) is 11.8 Å². The Morgan fingerprint density at radius 3 is 2.59 bits per heavy atom.